The Balaban J connectivity index is 3.05. The van der Waals surface area contributed by atoms with Crippen molar-refractivity contribution in [1.29, 1.82) is 0 Å². The molecule has 17 heavy (non-hydrogen) atoms. The lowest BCUT2D eigenvalue weighted by molar-refractivity contribution is -0.142. The Morgan fingerprint density at radius 2 is 2.29 bits per heavy atom. The fraction of sp³-hybridized carbons (Fsp3) is 0.500. The van der Waals surface area contributed by atoms with E-state index in [0.29, 0.717) is 12.1 Å². The van der Waals surface area contributed by atoms with Crippen molar-refractivity contribution in [1.82, 2.24) is 10.3 Å². The summed E-state index contributed by atoms with van der Waals surface area (Å²) >= 11 is 0. The van der Waals surface area contributed by atoms with E-state index in [0.717, 1.165) is 6.20 Å². The van der Waals surface area contributed by atoms with Crippen molar-refractivity contribution in [2.45, 2.75) is 25.3 Å². The van der Waals surface area contributed by atoms with Gasteiger partial charge >= 0.3 is 5.97 Å². The van der Waals surface area contributed by atoms with Gasteiger partial charge in [-0.05, 0) is 25.6 Å². The van der Waals surface area contributed by atoms with E-state index < -0.39 is 11.4 Å². The lowest BCUT2D eigenvalue weighted by Crippen LogP contribution is -2.42. The van der Waals surface area contributed by atoms with Crippen LogP contribution in [0.2, 0.25) is 0 Å². The Bertz CT molecular complexity index is 375. The highest BCUT2D eigenvalue weighted by molar-refractivity contribution is 5.71. The van der Waals surface area contributed by atoms with Gasteiger partial charge < -0.3 is 10.1 Å². The van der Waals surface area contributed by atoms with Crippen LogP contribution >= 0.6 is 0 Å². The van der Waals surface area contributed by atoms with Crippen molar-refractivity contribution < 1.29 is 13.9 Å². The van der Waals surface area contributed by atoms with Gasteiger partial charge in [-0.15, -0.1) is 0 Å². The number of methoxy groups -OCH3 is 1. The van der Waals surface area contributed by atoms with Crippen LogP contribution in [0.4, 0.5) is 4.39 Å². The van der Waals surface area contributed by atoms with Crippen LogP contribution in [0, 0.1) is 5.82 Å². The second-order valence-corrected chi connectivity index (χ2v) is 3.80. The van der Waals surface area contributed by atoms with Gasteiger partial charge in [-0.25, -0.2) is 4.39 Å². The van der Waals surface area contributed by atoms with Gasteiger partial charge in [0, 0.05) is 0 Å². The van der Waals surface area contributed by atoms with E-state index in [1.165, 1.54) is 13.2 Å². The summed E-state index contributed by atoms with van der Waals surface area (Å²) in [6.45, 7) is 1.93. The minimum atomic E-state index is -0.610. The molecule has 0 saturated carbocycles. The van der Waals surface area contributed by atoms with Gasteiger partial charge in [0.05, 0.1) is 31.0 Å². The smallest absolute Gasteiger partial charge is 0.307 e. The van der Waals surface area contributed by atoms with E-state index >= 15 is 0 Å². The van der Waals surface area contributed by atoms with Crippen LogP contribution in [0.3, 0.4) is 0 Å². The molecule has 0 aliphatic rings. The molecule has 0 saturated heterocycles. The second kappa shape index (κ2) is 5.72. The molecule has 0 aliphatic heterocycles. The van der Waals surface area contributed by atoms with Crippen molar-refractivity contribution >= 4 is 5.97 Å². The van der Waals surface area contributed by atoms with Crippen LogP contribution in [0.25, 0.3) is 0 Å². The number of rotatable bonds is 5. The molecule has 0 amide bonds. The lowest BCUT2D eigenvalue weighted by atomic mass is 9.88. The van der Waals surface area contributed by atoms with Gasteiger partial charge in [0.15, 0.2) is 0 Å². The van der Waals surface area contributed by atoms with Crippen molar-refractivity contribution in [3.63, 3.8) is 0 Å². The summed E-state index contributed by atoms with van der Waals surface area (Å²) in [5.74, 6) is -0.722. The van der Waals surface area contributed by atoms with Gasteiger partial charge in [0.25, 0.3) is 0 Å². The molecular formula is C12H17FN2O2. The molecule has 0 fully saturated rings. The number of ether oxygens (including phenoxy) is 1. The molecule has 0 aliphatic carbocycles. The molecule has 0 aromatic carbocycles. The second-order valence-electron chi connectivity index (χ2n) is 3.80. The van der Waals surface area contributed by atoms with Gasteiger partial charge in [-0.3, -0.25) is 9.78 Å². The first kappa shape index (κ1) is 13.6. The third-order valence-corrected chi connectivity index (χ3v) is 2.97. The molecule has 1 aromatic rings. The zero-order chi connectivity index (χ0) is 12.9. The van der Waals surface area contributed by atoms with Crippen LogP contribution in [-0.4, -0.2) is 25.1 Å². The number of carbonyl (C=O) groups excluding carboxylic acids is 1. The molecule has 1 unspecified atom stereocenters. The van der Waals surface area contributed by atoms with Crippen LogP contribution < -0.4 is 5.32 Å². The predicted octanol–water partition coefficient (Wildman–Crippen LogP) is 1.61. The van der Waals surface area contributed by atoms with Gasteiger partial charge in [-0.2, -0.15) is 0 Å². The number of halogens is 1. The van der Waals surface area contributed by atoms with E-state index in [9.17, 15) is 9.18 Å². The Morgan fingerprint density at radius 3 is 2.71 bits per heavy atom. The fourth-order valence-corrected chi connectivity index (χ4v) is 1.77. The molecule has 1 heterocycles. The third kappa shape index (κ3) is 3.00. The van der Waals surface area contributed by atoms with E-state index in [1.807, 2.05) is 6.92 Å². The Morgan fingerprint density at radius 1 is 1.59 bits per heavy atom. The van der Waals surface area contributed by atoms with E-state index in [1.54, 1.807) is 13.1 Å². The van der Waals surface area contributed by atoms with Crippen molar-refractivity contribution in [2.75, 3.05) is 14.2 Å². The summed E-state index contributed by atoms with van der Waals surface area (Å²) in [6.07, 6.45) is 1.96. The summed E-state index contributed by atoms with van der Waals surface area (Å²) in [4.78, 5) is 15.5. The van der Waals surface area contributed by atoms with Crippen molar-refractivity contribution in [2.24, 2.45) is 0 Å². The molecule has 94 valence electrons. The number of nitrogens with zero attached hydrogens (tertiary/aromatic N) is 1. The zero-order valence-corrected chi connectivity index (χ0v) is 10.3. The Kier molecular flexibility index (Phi) is 4.57. The van der Waals surface area contributed by atoms with Crippen molar-refractivity contribution in [3.8, 4) is 0 Å². The van der Waals surface area contributed by atoms with Crippen molar-refractivity contribution in [3.05, 3.63) is 29.8 Å². The highest BCUT2D eigenvalue weighted by atomic mass is 19.1. The fourth-order valence-electron chi connectivity index (χ4n) is 1.77. The lowest BCUT2D eigenvalue weighted by Gasteiger charge is -2.30. The Labute approximate surface area is 100 Å². The van der Waals surface area contributed by atoms with E-state index in [4.69, 9.17) is 0 Å². The highest BCUT2D eigenvalue weighted by Gasteiger charge is 2.33. The predicted molar refractivity (Wildman–Crippen MR) is 61.9 cm³/mol. The van der Waals surface area contributed by atoms with Crippen LogP contribution in [0.15, 0.2) is 18.3 Å². The molecule has 0 bridgehead atoms. The molecule has 1 N–H and O–H groups in total. The molecular weight excluding hydrogens is 223 g/mol. The SMILES string of the molecule is CCC(CC(=O)OC)(NC)c1ccc(F)cn1. The maximum absolute atomic E-state index is 12.8. The number of hydrogen-bond donors (Lipinski definition) is 1. The molecule has 0 radical (unpaired) electrons. The molecule has 1 aromatic heterocycles. The van der Waals surface area contributed by atoms with Crippen LogP contribution in [0.5, 0.6) is 0 Å². The largest absolute Gasteiger partial charge is 0.469 e. The van der Waals surface area contributed by atoms with E-state index in [2.05, 4.69) is 15.0 Å². The maximum Gasteiger partial charge on any atom is 0.307 e. The monoisotopic (exact) mass is 240 g/mol. The summed E-state index contributed by atoms with van der Waals surface area (Å²) < 4.78 is 17.5. The first-order valence-electron chi connectivity index (χ1n) is 5.45. The van der Waals surface area contributed by atoms with E-state index in [-0.39, 0.29) is 12.4 Å². The third-order valence-electron chi connectivity index (χ3n) is 2.97. The van der Waals surface area contributed by atoms with Crippen LogP contribution in [-0.2, 0) is 15.1 Å². The minimum Gasteiger partial charge on any atom is -0.469 e. The summed E-state index contributed by atoms with van der Waals surface area (Å²) in [5, 5.41) is 3.08. The quantitative estimate of drug-likeness (QED) is 0.794. The summed E-state index contributed by atoms with van der Waals surface area (Å²) in [5.41, 5.74) is 0.0233. The average Bonchev–Trinajstić information content (AvgIpc) is 2.37. The highest BCUT2D eigenvalue weighted by Crippen LogP contribution is 2.27. The average molecular weight is 240 g/mol. The van der Waals surface area contributed by atoms with Crippen LogP contribution in [0.1, 0.15) is 25.5 Å². The molecule has 5 heteroatoms. The standard InChI is InChI=1S/C12H17FN2O2/c1-4-12(14-2,7-11(16)17-3)10-6-5-9(13)8-15-10/h5-6,8,14H,4,7H2,1-3H3. The van der Waals surface area contributed by atoms with Gasteiger partial charge in [0.1, 0.15) is 5.82 Å². The normalized spacial score (nSPS) is 14.1. The summed E-state index contributed by atoms with van der Waals surface area (Å²) in [6, 6.07) is 2.92. The first-order valence-corrected chi connectivity index (χ1v) is 5.45. The maximum atomic E-state index is 12.8. The topological polar surface area (TPSA) is 51.2 Å². The number of hydrogen-bond acceptors (Lipinski definition) is 4. The number of aromatic nitrogens is 1. The number of pyridine rings is 1. The summed E-state index contributed by atoms with van der Waals surface area (Å²) in [7, 11) is 3.09. The first-order chi connectivity index (χ1) is 8.07. The van der Waals surface area contributed by atoms with Gasteiger partial charge in [0.2, 0.25) is 0 Å². The number of carbonyl (C=O) groups is 1. The van der Waals surface area contributed by atoms with Gasteiger partial charge in [-0.1, -0.05) is 6.92 Å². The zero-order valence-electron chi connectivity index (χ0n) is 10.3. The molecule has 1 atom stereocenters. The molecule has 1 rings (SSSR count). The minimum absolute atomic E-state index is 0.162. The number of esters is 1. The molecule has 0 spiro atoms. The Hall–Kier alpha value is -1.49. The number of nitrogens with one attached hydrogen (secondary N) is 1. The molecule has 4 nitrogen and oxygen atoms in total.